The highest BCUT2D eigenvalue weighted by Gasteiger charge is 2.53. The van der Waals surface area contributed by atoms with Crippen LogP contribution in [0.5, 0.6) is 0 Å². The van der Waals surface area contributed by atoms with Gasteiger partial charge in [-0.25, -0.2) is 9.37 Å². The molecule has 1 aromatic heterocycles. The molecule has 4 heterocycles. The number of nitrogens with two attached hydrogens (primary N) is 1. The molecule has 2 N–H and O–H groups in total. The maximum absolute atomic E-state index is 15.1. The summed E-state index contributed by atoms with van der Waals surface area (Å²) in [4.78, 5) is 60.8. The number of allylic oxidation sites excluding steroid dienone is 6. The standard InChI is InChI=1S/C27H23ClF2N4O5/c1-27(2)7-21(37)34-10-16(26(38)39-11-19(36)13-3-4-20(31)33-25(13)30)22-14-5-12(35)6-18(29)23(14)17(28)9-32-8-15(22)24(27)34/h3-6,9,16,24H,7-8,10-11H2,1-2H3,(H2,31,33)/b23-17-,32-9?. The van der Waals surface area contributed by atoms with E-state index in [9.17, 15) is 23.6 Å². The van der Waals surface area contributed by atoms with Crippen LogP contribution < -0.4 is 5.73 Å². The number of aliphatic imine (C=N–C) groups is 1. The normalized spacial score (nSPS) is 25.7. The molecule has 0 spiro atoms. The second-order valence-electron chi connectivity index (χ2n) is 10.4. The monoisotopic (exact) mass is 556 g/mol. The number of fused-ring (bicyclic) bond motifs is 4. The highest BCUT2D eigenvalue weighted by Crippen LogP contribution is 2.50. The zero-order valence-electron chi connectivity index (χ0n) is 21.0. The molecule has 0 aromatic carbocycles. The number of hydrogen-bond donors (Lipinski definition) is 1. The van der Waals surface area contributed by atoms with Crippen LogP contribution in [0.1, 0.15) is 30.6 Å². The van der Waals surface area contributed by atoms with Gasteiger partial charge in [-0.05, 0) is 40.3 Å². The van der Waals surface area contributed by atoms with E-state index in [0.29, 0.717) is 5.57 Å². The van der Waals surface area contributed by atoms with Gasteiger partial charge in [-0.2, -0.15) is 4.39 Å². The van der Waals surface area contributed by atoms with Crippen molar-refractivity contribution in [2.45, 2.75) is 26.3 Å². The van der Waals surface area contributed by atoms with Gasteiger partial charge in [0.15, 0.2) is 12.4 Å². The van der Waals surface area contributed by atoms with Gasteiger partial charge in [0, 0.05) is 30.8 Å². The molecular formula is C27H23ClF2N4O5. The zero-order valence-corrected chi connectivity index (χ0v) is 21.7. The molecule has 1 aromatic rings. The average Bonchev–Trinajstić information content (AvgIpc) is 3.07. The molecule has 0 radical (unpaired) electrons. The minimum Gasteiger partial charge on any atom is -0.457 e. The van der Waals surface area contributed by atoms with Crippen molar-refractivity contribution in [3.05, 3.63) is 68.9 Å². The number of ether oxygens (including phenoxy) is 1. The topological polar surface area (TPSA) is 132 Å². The number of ketones is 2. The molecule has 9 nitrogen and oxygen atoms in total. The molecule has 39 heavy (non-hydrogen) atoms. The van der Waals surface area contributed by atoms with Gasteiger partial charge in [0.05, 0.1) is 23.2 Å². The van der Waals surface area contributed by atoms with Crippen LogP contribution in [-0.4, -0.2) is 65.3 Å². The van der Waals surface area contributed by atoms with Crippen LogP contribution in [0.25, 0.3) is 0 Å². The van der Waals surface area contributed by atoms with Gasteiger partial charge in [-0.15, -0.1) is 0 Å². The fourth-order valence-corrected chi connectivity index (χ4v) is 5.96. The van der Waals surface area contributed by atoms with Crippen molar-refractivity contribution < 1.29 is 32.7 Å². The van der Waals surface area contributed by atoms with E-state index < -0.39 is 58.9 Å². The molecule has 12 heteroatoms. The van der Waals surface area contributed by atoms with Gasteiger partial charge >= 0.3 is 5.97 Å². The highest BCUT2D eigenvalue weighted by molar-refractivity contribution is 6.40. The summed E-state index contributed by atoms with van der Waals surface area (Å²) in [6, 6.07) is 1.88. The lowest BCUT2D eigenvalue weighted by Gasteiger charge is -2.43. The van der Waals surface area contributed by atoms with Crippen molar-refractivity contribution >= 4 is 47.1 Å². The van der Waals surface area contributed by atoms with Crippen molar-refractivity contribution in [3.8, 4) is 0 Å². The molecule has 5 rings (SSSR count). The number of esters is 1. The van der Waals surface area contributed by atoms with E-state index in [1.54, 1.807) is 4.90 Å². The van der Waals surface area contributed by atoms with Gasteiger partial charge in [-0.1, -0.05) is 25.4 Å². The molecule has 2 atom stereocenters. The number of nitrogens with zero attached hydrogens (tertiary/aromatic N) is 3. The quantitative estimate of drug-likeness (QED) is 0.342. The molecule has 2 unspecified atom stereocenters. The number of Topliss-reactive ketones (excluding diaryl/α,β-unsaturated/α-hetero) is 1. The minimum atomic E-state index is -1.20. The first kappa shape index (κ1) is 26.6. The van der Waals surface area contributed by atoms with E-state index in [2.05, 4.69) is 9.98 Å². The first-order chi connectivity index (χ1) is 18.4. The van der Waals surface area contributed by atoms with Crippen LogP contribution in [0.15, 0.2) is 62.4 Å². The summed E-state index contributed by atoms with van der Waals surface area (Å²) in [5.74, 6) is -5.93. The molecule has 202 valence electrons. The number of carbonyl (C=O) groups excluding carboxylic acids is 4. The van der Waals surface area contributed by atoms with Crippen LogP contribution in [0, 0.1) is 17.3 Å². The SMILES string of the molecule is CC1(C)CC(=O)N2CC(C(=O)OCC(=O)c3ccc(N)nc3F)C3=C(CN=C/C(Cl)=C4/C(F)=CC(=O)C=C34)C21. The zero-order chi connectivity index (χ0) is 28.2. The van der Waals surface area contributed by atoms with Crippen molar-refractivity contribution in [2.75, 3.05) is 25.4 Å². The number of nitrogen functional groups attached to an aromatic ring is 1. The smallest absolute Gasteiger partial charge is 0.315 e. The molecule has 1 saturated heterocycles. The Kier molecular flexibility index (Phi) is 6.58. The van der Waals surface area contributed by atoms with E-state index in [1.807, 2.05) is 13.8 Å². The fraction of sp³-hybridized carbons (Fsp3) is 0.333. The Labute approximate surface area is 226 Å². The predicted molar refractivity (Wildman–Crippen MR) is 137 cm³/mol. The summed E-state index contributed by atoms with van der Waals surface area (Å²) >= 11 is 6.35. The number of hydrogen-bond acceptors (Lipinski definition) is 8. The van der Waals surface area contributed by atoms with E-state index >= 15 is 4.39 Å². The third-order valence-corrected chi connectivity index (χ3v) is 7.53. The van der Waals surface area contributed by atoms with Crippen LogP contribution in [0.4, 0.5) is 14.6 Å². The molecular weight excluding hydrogens is 534 g/mol. The van der Waals surface area contributed by atoms with E-state index in [-0.39, 0.29) is 53.0 Å². The van der Waals surface area contributed by atoms with Crippen molar-refractivity contribution in [3.63, 3.8) is 0 Å². The van der Waals surface area contributed by atoms with E-state index in [1.165, 1.54) is 18.4 Å². The molecule has 0 saturated carbocycles. The second-order valence-corrected chi connectivity index (χ2v) is 10.8. The Bertz CT molecular complexity index is 1510. The number of rotatable bonds is 4. The lowest BCUT2D eigenvalue weighted by molar-refractivity contribution is -0.147. The molecule has 0 bridgehead atoms. The fourth-order valence-electron chi connectivity index (χ4n) is 5.70. The summed E-state index contributed by atoms with van der Waals surface area (Å²) in [6.45, 7) is 2.87. The first-order valence-corrected chi connectivity index (χ1v) is 12.4. The van der Waals surface area contributed by atoms with Crippen molar-refractivity contribution in [1.82, 2.24) is 9.88 Å². The maximum atomic E-state index is 15.1. The summed E-state index contributed by atoms with van der Waals surface area (Å²) in [5, 5.41) is -0.0631. The van der Waals surface area contributed by atoms with Crippen LogP contribution >= 0.6 is 11.6 Å². The number of pyridine rings is 1. The second kappa shape index (κ2) is 9.64. The number of halogens is 3. The van der Waals surface area contributed by atoms with Crippen LogP contribution in [-0.2, 0) is 19.1 Å². The lowest BCUT2D eigenvalue weighted by atomic mass is 9.71. The van der Waals surface area contributed by atoms with Gasteiger partial charge in [0.25, 0.3) is 0 Å². The Morgan fingerprint density at radius 2 is 1.97 bits per heavy atom. The molecule has 4 aliphatic rings. The van der Waals surface area contributed by atoms with Gasteiger partial charge in [0.2, 0.25) is 17.6 Å². The Morgan fingerprint density at radius 1 is 1.23 bits per heavy atom. The predicted octanol–water partition coefficient (Wildman–Crippen LogP) is 3.02. The van der Waals surface area contributed by atoms with Crippen molar-refractivity contribution in [1.29, 1.82) is 0 Å². The van der Waals surface area contributed by atoms with Gasteiger partial charge in [0.1, 0.15) is 17.6 Å². The third-order valence-electron chi connectivity index (χ3n) is 7.24. The molecule has 1 amide bonds. The maximum Gasteiger partial charge on any atom is 0.315 e. The molecule has 3 aliphatic heterocycles. The largest absolute Gasteiger partial charge is 0.457 e. The summed E-state index contributed by atoms with van der Waals surface area (Å²) in [5.41, 5.74) is 5.27. The average molecular weight is 557 g/mol. The lowest BCUT2D eigenvalue weighted by Crippen LogP contribution is -2.50. The molecule has 1 aliphatic carbocycles. The number of anilines is 1. The van der Waals surface area contributed by atoms with Crippen LogP contribution in [0.2, 0.25) is 0 Å². The number of carbonyl (C=O) groups is 4. The Hall–Kier alpha value is -3.99. The Morgan fingerprint density at radius 3 is 2.69 bits per heavy atom. The highest BCUT2D eigenvalue weighted by atomic mass is 35.5. The third kappa shape index (κ3) is 4.60. The molecule has 1 fully saturated rings. The number of amides is 1. The van der Waals surface area contributed by atoms with Crippen LogP contribution in [0.3, 0.4) is 0 Å². The van der Waals surface area contributed by atoms with Gasteiger partial charge in [-0.3, -0.25) is 24.2 Å². The summed E-state index contributed by atoms with van der Waals surface area (Å²) < 4.78 is 34.5. The Balaban J connectivity index is 1.57. The van der Waals surface area contributed by atoms with Crippen molar-refractivity contribution in [2.24, 2.45) is 16.3 Å². The first-order valence-electron chi connectivity index (χ1n) is 12.1. The number of aromatic nitrogens is 1. The minimum absolute atomic E-state index is 0.0264. The van der Waals surface area contributed by atoms with Gasteiger partial charge < -0.3 is 15.4 Å². The summed E-state index contributed by atoms with van der Waals surface area (Å²) in [6.07, 6.45) is 3.45. The van der Waals surface area contributed by atoms with E-state index in [4.69, 9.17) is 22.1 Å². The van der Waals surface area contributed by atoms with E-state index in [0.717, 1.165) is 12.1 Å². The summed E-state index contributed by atoms with van der Waals surface area (Å²) in [7, 11) is 0.